The number of fused-ring (bicyclic) bond motifs is 3. The molecule has 180 valence electrons. The molecule has 1 saturated carbocycles. The van der Waals surface area contributed by atoms with Gasteiger partial charge in [-0.3, -0.25) is 9.59 Å². The van der Waals surface area contributed by atoms with E-state index in [1.807, 2.05) is 38.1 Å². The maximum atomic E-state index is 12.6. The van der Waals surface area contributed by atoms with Gasteiger partial charge in [-0.1, -0.05) is 48.5 Å². The van der Waals surface area contributed by atoms with Crippen LogP contribution in [0, 0.1) is 5.92 Å². The van der Waals surface area contributed by atoms with Gasteiger partial charge in [-0.05, 0) is 61.8 Å². The third-order valence-corrected chi connectivity index (χ3v) is 6.91. The van der Waals surface area contributed by atoms with E-state index in [0.29, 0.717) is 25.7 Å². The van der Waals surface area contributed by atoms with Crippen molar-refractivity contribution in [3.63, 3.8) is 0 Å². The van der Waals surface area contributed by atoms with Crippen LogP contribution in [0.5, 0.6) is 0 Å². The summed E-state index contributed by atoms with van der Waals surface area (Å²) in [5.74, 6) is -1.31. The molecule has 3 N–H and O–H groups in total. The first kappa shape index (κ1) is 23.8. The number of nitrogens with one attached hydrogen (secondary N) is 2. The largest absolute Gasteiger partial charge is 0.481 e. The van der Waals surface area contributed by atoms with Crippen LogP contribution in [0.25, 0.3) is 11.1 Å². The molecule has 2 aliphatic rings. The molecular formula is C27H32N2O5. The van der Waals surface area contributed by atoms with Gasteiger partial charge in [0.25, 0.3) is 0 Å². The summed E-state index contributed by atoms with van der Waals surface area (Å²) >= 11 is 0. The second-order valence-electron chi connectivity index (χ2n) is 9.95. The number of carboxylic acids is 1. The second-order valence-corrected chi connectivity index (χ2v) is 9.95. The molecule has 7 nitrogen and oxygen atoms in total. The quantitative estimate of drug-likeness (QED) is 0.535. The molecule has 0 saturated heterocycles. The fourth-order valence-corrected chi connectivity index (χ4v) is 5.04. The number of alkyl carbamates (subject to hydrolysis) is 1. The number of hydrogen-bond acceptors (Lipinski definition) is 4. The monoisotopic (exact) mass is 464 g/mol. The van der Waals surface area contributed by atoms with Gasteiger partial charge in [0, 0.05) is 23.9 Å². The number of rotatable bonds is 8. The van der Waals surface area contributed by atoms with Crippen LogP contribution in [0.3, 0.4) is 0 Å². The molecule has 7 heteroatoms. The normalized spacial score (nSPS) is 19.2. The Morgan fingerprint density at radius 1 is 1.00 bits per heavy atom. The molecule has 4 rings (SSSR count). The van der Waals surface area contributed by atoms with E-state index in [2.05, 4.69) is 34.9 Å². The van der Waals surface area contributed by atoms with E-state index >= 15 is 0 Å². The van der Waals surface area contributed by atoms with E-state index in [9.17, 15) is 14.4 Å². The Kier molecular flexibility index (Phi) is 6.91. The summed E-state index contributed by atoms with van der Waals surface area (Å²) < 4.78 is 5.62. The number of carbonyl (C=O) groups excluding carboxylic acids is 2. The number of hydrogen-bond donors (Lipinski definition) is 3. The van der Waals surface area contributed by atoms with Crippen molar-refractivity contribution in [1.29, 1.82) is 0 Å². The molecule has 0 radical (unpaired) electrons. The number of carboxylic acid groups (broad SMARTS) is 1. The van der Waals surface area contributed by atoms with E-state index in [-0.39, 0.29) is 36.8 Å². The summed E-state index contributed by atoms with van der Waals surface area (Å²) in [6.07, 6.45) is 1.93. The van der Waals surface area contributed by atoms with Crippen molar-refractivity contribution in [3.05, 3.63) is 59.7 Å². The van der Waals surface area contributed by atoms with Crippen LogP contribution in [-0.4, -0.2) is 41.3 Å². The van der Waals surface area contributed by atoms with Crippen LogP contribution in [0.2, 0.25) is 0 Å². The number of amides is 2. The van der Waals surface area contributed by atoms with E-state index in [0.717, 1.165) is 11.1 Å². The molecule has 2 aromatic rings. The fraction of sp³-hybridized carbons (Fsp3) is 0.444. The maximum Gasteiger partial charge on any atom is 0.407 e. The lowest BCUT2D eigenvalue weighted by molar-refractivity contribution is -0.141. The van der Waals surface area contributed by atoms with Crippen LogP contribution in [-0.2, 0) is 14.3 Å². The van der Waals surface area contributed by atoms with Gasteiger partial charge in [0.15, 0.2) is 0 Å². The molecule has 2 atom stereocenters. The molecule has 2 amide bonds. The van der Waals surface area contributed by atoms with Crippen molar-refractivity contribution in [2.24, 2.45) is 5.92 Å². The van der Waals surface area contributed by atoms with Crippen LogP contribution in [0.4, 0.5) is 4.79 Å². The molecule has 0 heterocycles. The van der Waals surface area contributed by atoms with Crippen molar-refractivity contribution < 1.29 is 24.2 Å². The molecule has 34 heavy (non-hydrogen) atoms. The minimum atomic E-state index is -0.801. The van der Waals surface area contributed by atoms with Crippen molar-refractivity contribution in [2.75, 3.05) is 6.61 Å². The summed E-state index contributed by atoms with van der Waals surface area (Å²) in [7, 11) is 0. The molecule has 0 aliphatic heterocycles. The zero-order valence-corrected chi connectivity index (χ0v) is 19.7. The Hall–Kier alpha value is -3.35. The highest BCUT2D eigenvalue weighted by molar-refractivity contribution is 5.79. The van der Waals surface area contributed by atoms with E-state index in [1.54, 1.807) is 0 Å². The van der Waals surface area contributed by atoms with Crippen molar-refractivity contribution in [3.8, 4) is 11.1 Å². The topological polar surface area (TPSA) is 105 Å². The fourth-order valence-electron chi connectivity index (χ4n) is 5.04. The third kappa shape index (κ3) is 5.41. The molecule has 0 aromatic heterocycles. The molecule has 0 spiro atoms. The van der Waals surface area contributed by atoms with Gasteiger partial charge >= 0.3 is 12.1 Å². The Bertz CT molecular complexity index is 1030. The Morgan fingerprint density at radius 3 is 2.21 bits per heavy atom. The van der Waals surface area contributed by atoms with E-state index < -0.39 is 17.6 Å². The Morgan fingerprint density at radius 2 is 1.62 bits per heavy atom. The number of aliphatic carboxylic acids is 1. The van der Waals surface area contributed by atoms with Crippen LogP contribution in [0.1, 0.15) is 63.0 Å². The lowest BCUT2D eigenvalue weighted by Gasteiger charge is -2.26. The molecular weight excluding hydrogens is 432 g/mol. The Balaban J connectivity index is 1.25. The average molecular weight is 465 g/mol. The summed E-state index contributed by atoms with van der Waals surface area (Å²) in [4.78, 5) is 36.0. The lowest BCUT2D eigenvalue weighted by atomic mass is 9.98. The zero-order valence-electron chi connectivity index (χ0n) is 19.7. The smallest absolute Gasteiger partial charge is 0.407 e. The molecule has 1 fully saturated rings. The van der Waals surface area contributed by atoms with Crippen LogP contribution >= 0.6 is 0 Å². The van der Waals surface area contributed by atoms with Crippen LogP contribution in [0.15, 0.2) is 48.5 Å². The highest BCUT2D eigenvalue weighted by Gasteiger charge is 2.32. The zero-order chi connectivity index (χ0) is 24.3. The number of benzene rings is 2. The van der Waals surface area contributed by atoms with E-state index in [1.165, 1.54) is 11.1 Å². The lowest BCUT2D eigenvalue weighted by Crippen LogP contribution is -2.45. The second kappa shape index (κ2) is 9.87. The van der Waals surface area contributed by atoms with Crippen molar-refractivity contribution in [1.82, 2.24) is 10.6 Å². The van der Waals surface area contributed by atoms with Crippen LogP contribution < -0.4 is 10.6 Å². The summed E-state index contributed by atoms with van der Waals surface area (Å²) in [6.45, 7) is 3.96. The molecule has 2 aromatic carbocycles. The first-order valence-electron chi connectivity index (χ1n) is 11.9. The van der Waals surface area contributed by atoms with E-state index in [4.69, 9.17) is 9.84 Å². The standard InChI is InChI=1S/C27H32N2O5/c1-27(2,14-13-24(30)28-18-12-11-17(15-18)25(31)32)29-26(33)34-16-23-21-9-5-3-7-19(21)20-8-4-6-10-22(20)23/h3-10,17-18,23H,11-16H2,1-2H3,(H,28,30)(H,29,33)(H,31,32)/t17-,18+/m1/s1. The summed E-state index contributed by atoms with van der Waals surface area (Å²) in [6, 6.07) is 16.3. The predicted molar refractivity (Wildman–Crippen MR) is 128 cm³/mol. The third-order valence-electron chi connectivity index (χ3n) is 6.91. The Labute approximate surface area is 199 Å². The minimum Gasteiger partial charge on any atom is -0.481 e. The van der Waals surface area contributed by atoms with Gasteiger partial charge < -0.3 is 20.5 Å². The SMILES string of the molecule is CC(C)(CCC(=O)N[C@H]1CC[C@@H](C(=O)O)C1)NC(=O)OCC1c2ccccc2-c2ccccc21. The first-order chi connectivity index (χ1) is 16.2. The van der Waals surface area contributed by atoms with Gasteiger partial charge in [0.05, 0.1) is 5.92 Å². The van der Waals surface area contributed by atoms with Gasteiger partial charge in [-0.2, -0.15) is 0 Å². The van der Waals surface area contributed by atoms with Gasteiger partial charge in [0.1, 0.15) is 6.61 Å². The minimum absolute atomic E-state index is 0.00641. The maximum absolute atomic E-state index is 12.6. The number of carbonyl (C=O) groups is 3. The van der Waals surface area contributed by atoms with Gasteiger partial charge in [0.2, 0.25) is 5.91 Å². The summed E-state index contributed by atoms with van der Waals surface area (Å²) in [5.41, 5.74) is 4.04. The predicted octanol–water partition coefficient (Wildman–Crippen LogP) is 4.45. The molecule has 0 bridgehead atoms. The number of ether oxygens (including phenoxy) is 1. The van der Waals surface area contributed by atoms with Crippen molar-refractivity contribution >= 4 is 18.0 Å². The average Bonchev–Trinajstić information content (AvgIpc) is 3.39. The highest BCUT2D eigenvalue weighted by atomic mass is 16.5. The van der Waals surface area contributed by atoms with Gasteiger partial charge in [-0.25, -0.2) is 4.79 Å². The summed E-state index contributed by atoms with van der Waals surface area (Å²) in [5, 5.41) is 14.9. The highest BCUT2D eigenvalue weighted by Crippen LogP contribution is 2.44. The first-order valence-corrected chi connectivity index (χ1v) is 11.9. The van der Waals surface area contributed by atoms with Gasteiger partial charge in [-0.15, -0.1) is 0 Å². The van der Waals surface area contributed by atoms with Crippen molar-refractivity contribution in [2.45, 2.75) is 63.5 Å². The molecule has 0 unspecified atom stereocenters. The molecule has 2 aliphatic carbocycles.